The highest BCUT2D eigenvalue weighted by molar-refractivity contribution is 4.70. The predicted octanol–water partition coefficient (Wildman–Crippen LogP) is 0.672. The monoisotopic (exact) mass is 130 g/mol. The molecule has 0 unspecified atom stereocenters. The Kier molecular flexibility index (Phi) is 2.49. The fraction of sp³-hybridized carbons (Fsp3) is 1.00. The van der Waals surface area contributed by atoms with Gasteiger partial charge in [0.1, 0.15) is 0 Å². The molecular formula is C7H14O2. The predicted molar refractivity (Wildman–Crippen MR) is 35.1 cm³/mol. The SMILES string of the molecule is O[C@H]1CCCCC[C@@H]1O. The van der Waals surface area contributed by atoms with E-state index in [9.17, 15) is 0 Å². The van der Waals surface area contributed by atoms with Gasteiger partial charge in [-0.05, 0) is 12.8 Å². The number of aliphatic hydroxyl groups excluding tert-OH is 2. The Labute approximate surface area is 55.5 Å². The standard InChI is InChI=1S/C7H14O2/c8-6-4-2-1-3-5-7(6)9/h6-9H,1-5H2/t6-,7-/m0/s1. The second-order valence-corrected chi connectivity index (χ2v) is 2.77. The first kappa shape index (κ1) is 7.03. The molecule has 9 heavy (non-hydrogen) atoms. The van der Waals surface area contributed by atoms with E-state index < -0.39 is 12.2 Å². The van der Waals surface area contributed by atoms with Gasteiger partial charge in [-0.15, -0.1) is 0 Å². The van der Waals surface area contributed by atoms with Crippen molar-refractivity contribution >= 4 is 0 Å². The maximum atomic E-state index is 9.11. The molecular weight excluding hydrogens is 116 g/mol. The van der Waals surface area contributed by atoms with Crippen molar-refractivity contribution in [2.45, 2.75) is 44.3 Å². The van der Waals surface area contributed by atoms with Crippen LogP contribution in [0.15, 0.2) is 0 Å². The Morgan fingerprint density at radius 2 is 1.22 bits per heavy atom. The molecule has 2 heteroatoms. The molecule has 1 saturated carbocycles. The number of aliphatic hydroxyl groups is 2. The quantitative estimate of drug-likeness (QED) is 0.473. The van der Waals surface area contributed by atoms with Gasteiger partial charge in [-0.2, -0.15) is 0 Å². The molecule has 0 spiro atoms. The second kappa shape index (κ2) is 3.18. The van der Waals surface area contributed by atoms with E-state index in [2.05, 4.69) is 0 Å². The summed E-state index contributed by atoms with van der Waals surface area (Å²) >= 11 is 0. The van der Waals surface area contributed by atoms with E-state index in [1.54, 1.807) is 0 Å². The van der Waals surface area contributed by atoms with Gasteiger partial charge in [0.05, 0.1) is 12.2 Å². The lowest BCUT2D eigenvalue weighted by Crippen LogP contribution is -2.23. The summed E-state index contributed by atoms with van der Waals surface area (Å²) in [7, 11) is 0. The lowest BCUT2D eigenvalue weighted by molar-refractivity contribution is 0.0157. The molecule has 0 aromatic heterocycles. The van der Waals surface area contributed by atoms with Gasteiger partial charge in [-0.3, -0.25) is 0 Å². The van der Waals surface area contributed by atoms with E-state index in [1.807, 2.05) is 0 Å². The normalized spacial score (nSPS) is 38.0. The van der Waals surface area contributed by atoms with Crippen LogP contribution in [0, 0.1) is 0 Å². The van der Waals surface area contributed by atoms with Crippen molar-refractivity contribution in [2.24, 2.45) is 0 Å². The average Bonchev–Trinajstić information content (AvgIpc) is 1.99. The van der Waals surface area contributed by atoms with Crippen LogP contribution >= 0.6 is 0 Å². The van der Waals surface area contributed by atoms with Gasteiger partial charge in [-0.25, -0.2) is 0 Å². The molecule has 1 fully saturated rings. The zero-order valence-electron chi connectivity index (χ0n) is 5.58. The van der Waals surface area contributed by atoms with E-state index in [4.69, 9.17) is 10.2 Å². The minimum Gasteiger partial charge on any atom is -0.390 e. The average molecular weight is 130 g/mol. The lowest BCUT2D eigenvalue weighted by Gasteiger charge is -2.12. The van der Waals surface area contributed by atoms with Gasteiger partial charge in [0.15, 0.2) is 0 Å². The van der Waals surface area contributed by atoms with Crippen LogP contribution in [0.2, 0.25) is 0 Å². The number of hydrogen-bond acceptors (Lipinski definition) is 2. The van der Waals surface area contributed by atoms with Crippen molar-refractivity contribution in [1.29, 1.82) is 0 Å². The highest BCUT2D eigenvalue weighted by Crippen LogP contribution is 2.17. The second-order valence-electron chi connectivity index (χ2n) is 2.77. The molecule has 0 heterocycles. The van der Waals surface area contributed by atoms with Crippen molar-refractivity contribution in [3.63, 3.8) is 0 Å². The zero-order chi connectivity index (χ0) is 6.69. The van der Waals surface area contributed by atoms with Crippen LogP contribution in [-0.2, 0) is 0 Å². The molecule has 0 aromatic rings. The van der Waals surface area contributed by atoms with Crippen LogP contribution in [0.25, 0.3) is 0 Å². The van der Waals surface area contributed by atoms with E-state index >= 15 is 0 Å². The van der Waals surface area contributed by atoms with Crippen molar-refractivity contribution in [3.05, 3.63) is 0 Å². The highest BCUT2D eigenvalue weighted by atomic mass is 16.3. The summed E-state index contributed by atoms with van der Waals surface area (Å²) in [5.41, 5.74) is 0. The van der Waals surface area contributed by atoms with E-state index in [1.165, 1.54) is 0 Å². The largest absolute Gasteiger partial charge is 0.390 e. The molecule has 2 N–H and O–H groups in total. The Balaban J connectivity index is 2.32. The summed E-state index contributed by atoms with van der Waals surface area (Å²) in [6.45, 7) is 0. The zero-order valence-corrected chi connectivity index (χ0v) is 5.58. The third kappa shape index (κ3) is 1.95. The van der Waals surface area contributed by atoms with E-state index in [0.29, 0.717) is 0 Å². The number of rotatable bonds is 0. The molecule has 0 aliphatic heterocycles. The summed E-state index contributed by atoms with van der Waals surface area (Å²) in [5, 5.41) is 18.2. The fourth-order valence-electron chi connectivity index (χ4n) is 1.27. The summed E-state index contributed by atoms with van der Waals surface area (Å²) in [6, 6.07) is 0. The summed E-state index contributed by atoms with van der Waals surface area (Å²) < 4.78 is 0. The van der Waals surface area contributed by atoms with Crippen LogP contribution < -0.4 is 0 Å². The summed E-state index contributed by atoms with van der Waals surface area (Å²) in [5.74, 6) is 0. The van der Waals surface area contributed by atoms with Gasteiger partial charge in [-0.1, -0.05) is 19.3 Å². The minimum absolute atomic E-state index is 0.451. The lowest BCUT2D eigenvalue weighted by atomic mass is 10.1. The first-order valence-corrected chi connectivity index (χ1v) is 3.67. The maximum absolute atomic E-state index is 9.11. The molecule has 0 aromatic carbocycles. The van der Waals surface area contributed by atoms with Crippen molar-refractivity contribution in [1.82, 2.24) is 0 Å². The molecule has 1 rings (SSSR count). The Bertz CT molecular complexity index is 73.0. The van der Waals surface area contributed by atoms with Crippen molar-refractivity contribution < 1.29 is 10.2 Å². The van der Waals surface area contributed by atoms with Crippen LogP contribution in [0.3, 0.4) is 0 Å². The van der Waals surface area contributed by atoms with Crippen molar-refractivity contribution in [3.8, 4) is 0 Å². The van der Waals surface area contributed by atoms with Crippen molar-refractivity contribution in [2.75, 3.05) is 0 Å². The van der Waals surface area contributed by atoms with Gasteiger partial charge >= 0.3 is 0 Å². The first-order valence-electron chi connectivity index (χ1n) is 3.67. The van der Waals surface area contributed by atoms with Gasteiger partial charge in [0.2, 0.25) is 0 Å². The smallest absolute Gasteiger partial charge is 0.0799 e. The first-order chi connectivity index (χ1) is 4.30. The van der Waals surface area contributed by atoms with Crippen LogP contribution in [0.1, 0.15) is 32.1 Å². The molecule has 0 saturated heterocycles. The molecule has 2 atom stereocenters. The molecule has 1 aliphatic rings. The highest BCUT2D eigenvalue weighted by Gasteiger charge is 2.17. The number of hydrogen-bond donors (Lipinski definition) is 2. The van der Waals surface area contributed by atoms with Gasteiger partial charge < -0.3 is 10.2 Å². The molecule has 54 valence electrons. The Morgan fingerprint density at radius 1 is 0.778 bits per heavy atom. The third-order valence-corrected chi connectivity index (χ3v) is 1.94. The molecule has 0 radical (unpaired) electrons. The maximum Gasteiger partial charge on any atom is 0.0799 e. The topological polar surface area (TPSA) is 40.5 Å². The van der Waals surface area contributed by atoms with Crippen LogP contribution in [0.5, 0.6) is 0 Å². The minimum atomic E-state index is -0.451. The molecule has 0 bridgehead atoms. The van der Waals surface area contributed by atoms with Crippen LogP contribution in [-0.4, -0.2) is 22.4 Å². The Hall–Kier alpha value is -0.0800. The molecule has 2 nitrogen and oxygen atoms in total. The van der Waals surface area contributed by atoms with E-state index in [0.717, 1.165) is 32.1 Å². The Morgan fingerprint density at radius 3 is 1.67 bits per heavy atom. The van der Waals surface area contributed by atoms with Gasteiger partial charge in [0, 0.05) is 0 Å². The van der Waals surface area contributed by atoms with E-state index in [-0.39, 0.29) is 0 Å². The summed E-state index contributed by atoms with van der Waals surface area (Å²) in [4.78, 5) is 0. The molecule has 1 aliphatic carbocycles. The third-order valence-electron chi connectivity index (χ3n) is 1.94. The molecule has 0 amide bonds. The van der Waals surface area contributed by atoms with Crippen LogP contribution in [0.4, 0.5) is 0 Å². The van der Waals surface area contributed by atoms with Gasteiger partial charge in [0.25, 0.3) is 0 Å². The fourth-order valence-corrected chi connectivity index (χ4v) is 1.27. The summed E-state index contributed by atoms with van der Waals surface area (Å²) in [6.07, 6.45) is 3.95.